The Labute approximate surface area is 227 Å². The van der Waals surface area contributed by atoms with E-state index < -0.39 is 16.8 Å². The number of amides is 1. The molecule has 10 heteroatoms. The molecule has 2 aliphatic rings. The molecule has 1 unspecified atom stereocenters. The third-order valence-corrected chi connectivity index (χ3v) is 9.00. The molecule has 3 aromatic carbocycles. The van der Waals surface area contributed by atoms with Crippen molar-refractivity contribution >= 4 is 40.8 Å². The molecule has 38 heavy (non-hydrogen) atoms. The molecule has 0 fully saturated rings. The molecule has 1 N–H and O–H groups in total. The summed E-state index contributed by atoms with van der Waals surface area (Å²) in [6.07, 6.45) is 5.68. The molecule has 7 nitrogen and oxygen atoms in total. The van der Waals surface area contributed by atoms with Crippen molar-refractivity contribution < 1.29 is 13.4 Å². The third kappa shape index (κ3) is 5.10. The van der Waals surface area contributed by atoms with Crippen LogP contribution in [0.4, 0.5) is 20.3 Å². The lowest BCUT2D eigenvalue weighted by Crippen LogP contribution is -2.06. The summed E-state index contributed by atoms with van der Waals surface area (Å²) in [4.78, 5) is 18.1. The topological polar surface area (TPSA) is 81.4 Å². The van der Waals surface area contributed by atoms with E-state index in [0.29, 0.717) is 10.8 Å². The first-order valence-corrected chi connectivity index (χ1v) is 14.5. The minimum absolute atomic E-state index is 0.0641. The van der Waals surface area contributed by atoms with E-state index in [1.165, 1.54) is 22.3 Å². The van der Waals surface area contributed by atoms with Gasteiger partial charge in [0, 0.05) is 21.3 Å². The van der Waals surface area contributed by atoms with E-state index in [1.807, 2.05) is 60.7 Å². The van der Waals surface area contributed by atoms with E-state index in [4.69, 9.17) is 4.74 Å². The van der Waals surface area contributed by atoms with Crippen molar-refractivity contribution in [2.45, 2.75) is 55.2 Å². The van der Waals surface area contributed by atoms with Crippen molar-refractivity contribution in [3.05, 3.63) is 94.5 Å². The van der Waals surface area contributed by atoms with Crippen molar-refractivity contribution in [2.75, 3.05) is 5.32 Å². The summed E-state index contributed by atoms with van der Waals surface area (Å²) < 4.78 is 25.0. The second-order valence-electron chi connectivity index (χ2n) is 9.25. The van der Waals surface area contributed by atoms with Crippen molar-refractivity contribution in [3.8, 4) is 0 Å². The molecule has 0 aliphatic heterocycles. The fourth-order valence-corrected chi connectivity index (χ4v) is 7.03. The molecule has 4 aromatic rings. The normalized spacial score (nSPS) is 14.8. The Hall–Kier alpha value is -3.50. The van der Waals surface area contributed by atoms with Crippen LogP contribution in [0.25, 0.3) is 0 Å². The summed E-state index contributed by atoms with van der Waals surface area (Å²) in [5.41, 5.74) is 7.31. The van der Waals surface area contributed by atoms with Crippen molar-refractivity contribution in [2.24, 2.45) is 4.36 Å². The van der Waals surface area contributed by atoms with Crippen molar-refractivity contribution in [1.82, 2.24) is 14.2 Å². The summed E-state index contributed by atoms with van der Waals surface area (Å²) in [6.45, 7) is 0.0940. The molecular weight excluding hydrogens is 521 g/mol. The quantitative estimate of drug-likeness (QED) is 0.270. The number of aryl methyl sites for hydroxylation is 2. The van der Waals surface area contributed by atoms with Crippen LogP contribution in [0.3, 0.4) is 0 Å². The van der Waals surface area contributed by atoms with Gasteiger partial charge in [-0.15, -0.1) is 17.4 Å². The van der Waals surface area contributed by atoms with Crippen LogP contribution in [-0.4, -0.2) is 20.3 Å². The Bertz CT molecular complexity index is 1480. The lowest BCUT2D eigenvalue weighted by molar-refractivity contribution is 0.151. The number of benzene rings is 3. The average Bonchev–Trinajstić information content (AvgIpc) is 3.71. The zero-order valence-electron chi connectivity index (χ0n) is 20.6. The van der Waals surface area contributed by atoms with Crippen LogP contribution in [0, 0.1) is 0 Å². The number of halogens is 1. The van der Waals surface area contributed by atoms with Gasteiger partial charge in [-0.25, -0.2) is 4.79 Å². The highest BCUT2D eigenvalue weighted by Crippen LogP contribution is 2.39. The third-order valence-electron chi connectivity index (χ3n) is 6.84. The second-order valence-corrected chi connectivity index (χ2v) is 11.3. The van der Waals surface area contributed by atoms with Gasteiger partial charge in [0.25, 0.3) is 0 Å². The highest BCUT2D eigenvalue weighted by atomic mass is 32.2. The van der Waals surface area contributed by atoms with Crippen LogP contribution in [0.2, 0.25) is 0 Å². The number of carbonyl (C=O) groups is 1. The number of aromatic nitrogens is 3. The monoisotopic (exact) mass is 547 g/mol. The van der Waals surface area contributed by atoms with Gasteiger partial charge in [0.05, 0.1) is 0 Å². The molecule has 1 aromatic heterocycles. The Balaban J connectivity index is 1.34. The Kier molecular flexibility index (Phi) is 7.24. The van der Waals surface area contributed by atoms with Crippen LogP contribution in [0.15, 0.2) is 81.1 Å². The fraction of sp³-hybridized carbons (Fsp3) is 0.250. The number of ether oxygens (including phenoxy) is 1. The summed E-state index contributed by atoms with van der Waals surface area (Å²) >= 11 is -0.0641. The molecule has 0 spiro atoms. The van der Waals surface area contributed by atoms with Crippen LogP contribution in [0.1, 0.15) is 40.7 Å². The number of anilines is 2. The first-order valence-electron chi connectivity index (χ1n) is 12.6. The molecule has 1 amide bonds. The molecule has 1 atom stereocenters. The van der Waals surface area contributed by atoms with Gasteiger partial charge >= 0.3 is 6.09 Å². The zero-order valence-corrected chi connectivity index (χ0v) is 22.2. The molecule has 2 aliphatic carbocycles. The molecule has 0 saturated heterocycles. The lowest BCUT2D eigenvalue weighted by atomic mass is 9.99. The summed E-state index contributed by atoms with van der Waals surface area (Å²) in [6, 6.07) is 21.0. The number of fused-ring (bicyclic) bond motifs is 2. The number of hydrogen-bond donors (Lipinski definition) is 1. The van der Waals surface area contributed by atoms with E-state index >= 15 is 0 Å². The molecule has 1 heterocycles. The highest BCUT2D eigenvalue weighted by molar-refractivity contribution is 7.93. The number of carbonyl (C=O) groups excluding carboxylic acids is 1. The maximum atomic E-state index is 14.2. The van der Waals surface area contributed by atoms with Crippen molar-refractivity contribution in [1.29, 1.82) is 0 Å². The number of nitrogens with one attached hydrogen (secondary N) is 1. The lowest BCUT2D eigenvalue weighted by Gasteiger charge is -2.15. The number of hydrogen-bond acceptors (Lipinski definition) is 6. The van der Waals surface area contributed by atoms with Gasteiger partial charge < -0.3 is 10.1 Å². The van der Waals surface area contributed by atoms with Crippen LogP contribution in [0.5, 0.6) is 0 Å². The molecule has 0 saturated carbocycles. The van der Waals surface area contributed by atoms with Crippen LogP contribution < -0.4 is 5.32 Å². The average molecular weight is 548 g/mol. The number of rotatable bonds is 7. The standard InChI is InChI=1S/C28H26FN5O2S2/c29-37-34-27(31-26(32-34)30-25-23-15-7-11-20(23)17-21-12-8-16-24(21)25)38(22-13-5-2-6-14-22)33-28(35)36-18-19-9-3-1-4-10-19/h1-6,9-10,13-14,17H,7-8,11-12,15-16,18H2,(H,30,32). The molecule has 6 rings (SSSR count). The smallest absolute Gasteiger partial charge is 0.440 e. The Morgan fingerprint density at radius 1 is 1.00 bits per heavy atom. The van der Waals surface area contributed by atoms with E-state index in [9.17, 15) is 8.68 Å². The Morgan fingerprint density at radius 2 is 1.66 bits per heavy atom. The minimum atomic E-state index is -1.25. The van der Waals surface area contributed by atoms with E-state index in [2.05, 4.69) is 25.8 Å². The van der Waals surface area contributed by atoms with Crippen LogP contribution in [-0.2, 0) is 47.7 Å². The fourth-order valence-electron chi connectivity index (χ4n) is 5.15. The van der Waals surface area contributed by atoms with E-state index in [0.717, 1.165) is 53.9 Å². The maximum absolute atomic E-state index is 14.2. The molecule has 194 valence electrons. The zero-order chi connectivity index (χ0) is 25.9. The van der Waals surface area contributed by atoms with Gasteiger partial charge in [0.15, 0.2) is 12.3 Å². The van der Waals surface area contributed by atoms with Crippen molar-refractivity contribution in [3.63, 3.8) is 0 Å². The molecule has 0 radical (unpaired) electrons. The molecule has 0 bridgehead atoms. The second kappa shape index (κ2) is 11.1. The first-order chi connectivity index (χ1) is 18.7. The first kappa shape index (κ1) is 24.8. The van der Waals surface area contributed by atoms with Gasteiger partial charge in [-0.05, 0) is 78.5 Å². The largest absolute Gasteiger partial charge is 0.443 e. The summed E-state index contributed by atoms with van der Waals surface area (Å²) in [7, 11) is -1.25. The molecular formula is C28H26FN5O2S2. The summed E-state index contributed by atoms with van der Waals surface area (Å²) in [5.74, 6) is 0.292. The highest BCUT2D eigenvalue weighted by Gasteiger charge is 2.26. The van der Waals surface area contributed by atoms with Gasteiger partial charge in [-0.2, -0.15) is 4.98 Å². The maximum Gasteiger partial charge on any atom is 0.440 e. The SMILES string of the molecule is O=C(N=S(c1ccccc1)c1nc(Nc2c3c(cc4c2CCC4)CCC3)nn1SF)OCc1ccccc1. The van der Waals surface area contributed by atoms with E-state index in [-0.39, 0.29) is 24.1 Å². The van der Waals surface area contributed by atoms with Crippen LogP contribution >= 0.6 is 12.3 Å². The van der Waals surface area contributed by atoms with Gasteiger partial charge in [0.1, 0.15) is 6.61 Å². The number of nitrogens with zero attached hydrogens (tertiary/aromatic N) is 4. The van der Waals surface area contributed by atoms with Gasteiger partial charge in [0.2, 0.25) is 11.1 Å². The predicted molar refractivity (Wildman–Crippen MR) is 147 cm³/mol. The van der Waals surface area contributed by atoms with E-state index in [1.54, 1.807) is 0 Å². The summed E-state index contributed by atoms with van der Waals surface area (Å²) in [5, 5.41) is 8.06. The Morgan fingerprint density at radius 3 is 2.32 bits per heavy atom. The minimum Gasteiger partial charge on any atom is -0.443 e. The van der Waals surface area contributed by atoms with Gasteiger partial charge in [-0.1, -0.05) is 54.6 Å². The van der Waals surface area contributed by atoms with Gasteiger partial charge in [-0.3, -0.25) is 0 Å². The predicted octanol–water partition coefficient (Wildman–Crippen LogP) is 6.94.